The Labute approximate surface area is 230 Å². The van der Waals surface area contributed by atoms with Crippen molar-refractivity contribution in [2.75, 3.05) is 31.1 Å². The number of rotatable bonds is 12. The van der Waals surface area contributed by atoms with Crippen molar-refractivity contribution in [1.29, 1.82) is 0 Å². The predicted molar refractivity (Wildman–Crippen MR) is 153 cm³/mol. The van der Waals surface area contributed by atoms with E-state index in [1.165, 1.54) is 0 Å². The normalized spacial score (nSPS) is 30.2. The van der Waals surface area contributed by atoms with E-state index in [2.05, 4.69) is 27.0 Å². The van der Waals surface area contributed by atoms with Crippen LogP contribution in [-0.4, -0.2) is 80.9 Å². The zero-order valence-corrected chi connectivity index (χ0v) is 23.6. The van der Waals surface area contributed by atoms with E-state index in [1.807, 2.05) is 42.2 Å². The third-order valence-corrected chi connectivity index (χ3v) is 10.7. The van der Waals surface area contributed by atoms with Gasteiger partial charge in [-0.25, -0.2) is 0 Å². The van der Waals surface area contributed by atoms with E-state index in [0.29, 0.717) is 13.1 Å². The third-order valence-electron chi connectivity index (χ3n) is 8.60. The van der Waals surface area contributed by atoms with Crippen molar-refractivity contribution >= 4 is 35.2 Å². The number of likely N-dealkylation sites (tertiary alicyclic amines) is 1. The van der Waals surface area contributed by atoms with Gasteiger partial charge < -0.3 is 19.8 Å². The highest BCUT2D eigenvalue weighted by Gasteiger charge is 2.76. The smallest absolute Gasteiger partial charge is 0.247 e. The van der Waals surface area contributed by atoms with Gasteiger partial charge in [-0.05, 0) is 37.8 Å². The van der Waals surface area contributed by atoms with Crippen LogP contribution >= 0.6 is 11.8 Å². The first-order valence-electron chi connectivity index (χ1n) is 13.8. The van der Waals surface area contributed by atoms with E-state index >= 15 is 0 Å². The summed E-state index contributed by atoms with van der Waals surface area (Å²) in [6, 6.07) is 8.74. The second-order valence-electron chi connectivity index (χ2n) is 10.8. The molecule has 3 fully saturated rings. The van der Waals surface area contributed by atoms with Crippen LogP contribution < -0.4 is 4.90 Å². The van der Waals surface area contributed by atoms with E-state index in [4.69, 9.17) is 0 Å². The predicted octanol–water partition coefficient (Wildman–Crippen LogP) is 3.74. The molecular formula is C30H41N3O4S. The van der Waals surface area contributed by atoms with E-state index in [-0.39, 0.29) is 48.1 Å². The summed E-state index contributed by atoms with van der Waals surface area (Å²) < 4.78 is -0.712. The number of amides is 3. The fraction of sp³-hybridized carbons (Fsp3) is 0.567. The van der Waals surface area contributed by atoms with Crippen LogP contribution in [0.25, 0.3) is 0 Å². The Morgan fingerprint density at radius 1 is 1.21 bits per heavy atom. The number of carbonyl (C=O) groups excluding carboxylic acids is 3. The molecule has 2 bridgehead atoms. The lowest BCUT2D eigenvalue weighted by molar-refractivity contribution is -0.144. The van der Waals surface area contributed by atoms with Gasteiger partial charge in [0.25, 0.3) is 0 Å². The molecule has 8 heteroatoms. The van der Waals surface area contributed by atoms with Gasteiger partial charge in [-0.1, -0.05) is 50.6 Å². The average Bonchev–Trinajstić information content (AvgIpc) is 3.50. The van der Waals surface area contributed by atoms with Gasteiger partial charge in [0, 0.05) is 36.6 Å². The summed E-state index contributed by atoms with van der Waals surface area (Å²) in [5.41, 5.74) is 0.767. The summed E-state index contributed by atoms with van der Waals surface area (Å²) in [5.74, 6) is -1.47. The number of carbonyl (C=O) groups is 3. The number of thioether (sulfide) groups is 1. The topological polar surface area (TPSA) is 81.2 Å². The maximum absolute atomic E-state index is 14.4. The molecule has 7 nitrogen and oxygen atoms in total. The number of para-hydroxylation sites is 1. The molecule has 3 amide bonds. The van der Waals surface area contributed by atoms with Gasteiger partial charge in [0.2, 0.25) is 17.7 Å². The van der Waals surface area contributed by atoms with Crippen LogP contribution in [0.3, 0.4) is 0 Å². The van der Waals surface area contributed by atoms with Crippen molar-refractivity contribution in [3.8, 4) is 0 Å². The van der Waals surface area contributed by atoms with Crippen molar-refractivity contribution in [3.63, 3.8) is 0 Å². The molecule has 3 saturated heterocycles. The molecule has 7 atom stereocenters. The van der Waals surface area contributed by atoms with Crippen LogP contribution in [0.1, 0.15) is 40.0 Å². The summed E-state index contributed by atoms with van der Waals surface area (Å²) in [4.78, 5) is 47.9. The van der Waals surface area contributed by atoms with Crippen molar-refractivity contribution < 1.29 is 19.5 Å². The zero-order valence-electron chi connectivity index (χ0n) is 22.8. The Bertz CT molecular complexity index is 1060. The highest BCUT2D eigenvalue weighted by atomic mass is 32.2. The minimum atomic E-state index is -0.723. The highest BCUT2D eigenvalue weighted by molar-refractivity contribution is 8.02. The fourth-order valence-corrected chi connectivity index (χ4v) is 9.43. The second-order valence-corrected chi connectivity index (χ2v) is 12.3. The van der Waals surface area contributed by atoms with E-state index in [1.54, 1.807) is 33.7 Å². The summed E-state index contributed by atoms with van der Waals surface area (Å²) in [6.07, 6.45) is 5.98. The van der Waals surface area contributed by atoms with Crippen molar-refractivity contribution in [1.82, 2.24) is 9.80 Å². The molecule has 3 aliphatic rings. The standard InChI is InChI=1S/C30H41N3O4S/c1-6-12-21(5)31(15-7-2)29(37)26-30-20(4)19-23(38-30)24(25(30)28(36)33(26)17-18-34)27(35)32(16-8-3)22-13-10-9-11-14-22/h7-11,13-14,20-21,23-26,34H,2-3,6,12,15-19H2,1,4-5H3/t20?,21?,23-,24+,25-,26?,30?/m0/s1. The molecule has 0 aromatic heterocycles. The Kier molecular flexibility index (Phi) is 8.72. The number of benzene rings is 1. The number of nitrogens with zero attached hydrogens (tertiary/aromatic N) is 3. The van der Waals surface area contributed by atoms with Gasteiger partial charge in [-0.3, -0.25) is 14.4 Å². The molecule has 4 rings (SSSR count). The van der Waals surface area contributed by atoms with Gasteiger partial charge in [-0.2, -0.15) is 0 Å². The molecule has 0 radical (unpaired) electrons. The zero-order chi connectivity index (χ0) is 27.6. The molecular weight excluding hydrogens is 498 g/mol. The van der Waals surface area contributed by atoms with Crippen molar-refractivity contribution in [3.05, 3.63) is 55.6 Å². The van der Waals surface area contributed by atoms with Crippen LogP contribution in [0.15, 0.2) is 55.6 Å². The lowest BCUT2D eigenvalue weighted by atomic mass is 9.65. The first-order chi connectivity index (χ1) is 18.3. The lowest BCUT2D eigenvalue weighted by Crippen LogP contribution is -2.59. The summed E-state index contributed by atoms with van der Waals surface area (Å²) in [6.45, 7) is 14.5. The summed E-state index contributed by atoms with van der Waals surface area (Å²) in [5, 5.41) is 9.88. The van der Waals surface area contributed by atoms with Gasteiger partial charge in [-0.15, -0.1) is 24.9 Å². The SMILES string of the molecule is C=CCN(C(=O)[C@@H]1[C@@H]2CC(C)C3(S2)C(C(=O)N(CC=C)C(C)CCC)N(CCO)C(=O)[C@H]13)c1ccccc1. The van der Waals surface area contributed by atoms with Crippen LogP contribution in [0.4, 0.5) is 5.69 Å². The number of β-amino-alcohol motifs (C(OH)–C–C–N with tert-alkyl or cyclic N) is 1. The quantitative estimate of drug-likeness (QED) is 0.410. The molecule has 0 aliphatic carbocycles. The first-order valence-corrected chi connectivity index (χ1v) is 14.6. The average molecular weight is 540 g/mol. The molecule has 1 spiro atoms. The van der Waals surface area contributed by atoms with Crippen LogP contribution in [0, 0.1) is 17.8 Å². The molecule has 1 N–H and O–H groups in total. The number of aliphatic hydroxyl groups excluding tert-OH is 1. The Morgan fingerprint density at radius 3 is 2.50 bits per heavy atom. The molecule has 1 aromatic carbocycles. The molecule has 3 heterocycles. The number of hydrogen-bond acceptors (Lipinski definition) is 5. The maximum Gasteiger partial charge on any atom is 0.247 e. The Balaban J connectivity index is 1.77. The van der Waals surface area contributed by atoms with E-state index < -0.39 is 22.6 Å². The Morgan fingerprint density at radius 2 is 1.89 bits per heavy atom. The molecule has 4 unspecified atom stereocenters. The largest absolute Gasteiger partial charge is 0.395 e. The highest BCUT2D eigenvalue weighted by Crippen LogP contribution is 2.69. The van der Waals surface area contributed by atoms with Gasteiger partial charge in [0.1, 0.15) is 6.04 Å². The minimum Gasteiger partial charge on any atom is -0.395 e. The monoisotopic (exact) mass is 539 g/mol. The molecule has 3 aliphatic heterocycles. The van der Waals surface area contributed by atoms with E-state index in [9.17, 15) is 19.5 Å². The van der Waals surface area contributed by atoms with Crippen LogP contribution in [0.2, 0.25) is 0 Å². The molecule has 206 valence electrons. The number of fused-ring (bicyclic) bond motifs is 1. The number of anilines is 1. The number of aliphatic hydroxyl groups is 1. The first kappa shape index (κ1) is 28.4. The lowest BCUT2D eigenvalue weighted by Gasteiger charge is -2.42. The van der Waals surface area contributed by atoms with Gasteiger partial charge in [0.05, 0.1) is 23.2 Å². The number of hydrogen-bond donors (Lipinski definition) is 1. The molecule has 38 heavy (non-hydrogen) atoms. The van der Waals surface area contributed by atoms with E-state index in [0.717, 1.165) is 24.9 Å². The Hall–Kier alpha value is -2.58. The van der Waals surface area contributed by atoms with Crippen molar-refractivity contribution in [2.45, 2.75) is 62.1 Å². The summed E-state index contributed by atoms with van der Waals surface area (Å²) in [7, 11) is 0. The van der Waals surface area contributed by atoms with Crippen LogP contribution in [0.5, 0.6) is 0 Å². The van der Waals surface area contributed by atoms with Crippen LogP contribution in [-0.2, 0) is 14.4 Å². The molecule has 0 saturated carbocycles. The second kappa shape index (κ2) is 11.7. The van der Waals surface area contributed by atoms with Crippen molar-refractivity contribution in [2.24, 2.45) is 17.8 Å². The fourth-order valence-electron chi connectivity index (χ4n) is 7.03. The van der Waals surface area contributed by atoms with Gasteiger partial charge in [0.15, 0.2) is 0 Å². The molecule has 1 aromatic rings. The minimum absolute atomic E-state index is 0.00969. The maximum atomic E-state index is 14.4. The third kappa shape index (κ3) is 4.49. The summed E-state index contributed by atoms with van der Waals surface area (Å²) >= 11 is 1.66. The van der Waals surface area contributed by atoms with Gasteiger partial charge >= 0.3 is 0 Å².